The van der Waals surface area contributed by atoms with Crippen LogP contribution in [0, 0.1) is 11.8 Å². The van der Waals surface area contributed by atoms with Crippen LogP contribution < -0.4 is 5.32 Å². The van der Waals surface area contributed by atoms with Crippen molar-refractivity contribution >= 4 is 0 Å². The summed E-state index contributed by atoms with van der Waals surface area (Å²) in [7, 11) is 1.83. The molecule has 1 rings (SSSR count). The maximum absolute atomic E-state index is 5.52. The highest BCUT2D eigenvalue weighted by Gasteiger charge is 2.29. The molecule has 1 N–H and O–H groups in total. The van der Waals surface area contributed by atoms with E-state index in [1.807, 2.05) is 7.11 Å². The van der Waals surface area contributed by atoms with Crippen molar-refractivity contribution < 1.29 is 4.74 Å². The number of methoxy groups -OCH3 is 1. The van der Waals surface area contributed by atoms with E-state index < -0.39 is 0 Å². The van der Waals surface area contributed by atoms with Crippen LogP contribution in [0.4, 0.5) is 0 Å². The summed E-state index contributed by atoms with van der Waals surface area (Å²) >= 11 is 0. The van der Waals surface area contributed by atoms with Crippen molar-refractivity contribution in [3.63, 3.8) is 0 Å². The summed E-state index contributed by atoms with van der Waals surface area (Å²) in [5.74, 6) is 1.81. The molecule has 0 aliphatic heterocycles. The number of rotatable bonds is 7. The molecule has 2 nitrogen and oxygen atoms in total. The van der Waals surface area contributed by atoms with Gasteiger partial charge in [-0.3, -0.25) is 0 Å². The molecular weight excluding hydrogens is 210 g/mol. The van der Waals surface area contributed by atoms with E-state index in [1.165, 1.54) is 38.6 Å². The van der Waals surface area contributed by atoms with E-state index in [9.17, 15) is 0 Å². The average Bonchev–Trinajstić information content (AvgIpc) is 2.71. The van der Waals surface area contributed by atoms with E-state index in [0.29, 0.717) is 6.04 Å². The van der Waals surface area contributed by atoms with E-state index in [0.717, 1.165) is 11.8 Å². The third-order valence-corrected chi connectivity index (χ3v) is 4.27. The minimum atomic E-state index is 0.0542. The Bertz CT molecular complexity index is 213. The molecule has 102 valence electrons. The van der Waals surface area contributed by atoms with E-state index >= 15 is 0 Å². The topological polar surface area (TPSA) is 21.3 Å². The van der Waals surface area contributed by atoms with Gasteiger partial charge in [-0.15, -0.1) is 0 Å². The number of hydrogen-bond donors (Lipinski definition) is 1. The second kappa shape index (κ2) is 6.75. The number of nitrogens with one attached hydrogen (secondary N) is 1. The van der Waals surface area contributed by atoms with Gasteiger partial charge in [0, 0.05) is 13.2 Å². The second-order valence-corrected chi connectivity index (χ2v) is 6.52. The Hall–Kier alpha value is -0.0800. The molecule has 0 aromatic rings. The van der Waals surface area contributed by atoms with Crippen LogP contribution in [-0.4, -0.2) is 25.3 Å². The first kappa shape index (κ1) is 15.0. The second-order valence-electron chi connectivity index (χ2n) is 6.52. The summed E-state index contributed by atoms with van der Waals surface area (Å²) in [5.41, 5.74) is 0.0542. The molecule has 1 aliphatic rings. The summed E-state index contributed by atoms with van der Waals surface area (Å²) in [5, 5.41) is 3.60. The highest BCUT2D eigenvalue weighted by atomic mass is 16.5. The van der Waals surface area contributed by atoms with E-state index in [1.54, 1.807) is 0 Å². The Kier molecular flexibility index (Phi) is 5.94. The fourth-order valence-corrected chi connectivity index (χ4v) is 2.78. The molecule has 17 heavy (non-hydrogen) atoms. The van der Waals surface area contributed by atoms with Gasteiger partial charge in [0.05, 0.1) is 5.60 Å². The van der Waals surface area contributed by atoms with E-state index in [-0.39, 0.29) is 5.60 Å². The van der Waals surface area contributed by atoms with Crippen LogP contribution in [0.15, 0.2) is 0 Å². The van der Waals surface area contributed by atoms with Crippen molar-refractivity contribution in [3.05, 3.63) is 0 Å². The molecule has 1 saturated carbocycles. The molecule has 0 aromatic heterocycles. The normalized spacial score (nSPS) is 25.8. The first-order valence-corrected chi connectivity index (χ1v) is 7.23. The van der Waals surface area contributed by atoms with E-state index in [2.05, 4.69) is 33.0 Å². The van der Waals surface area contributed by atoms with Crippen LogP contribution in [0.5, 0.6) is 0 Å². The fourth-order valence-electron chi connectivity index (χ4n) is 2.78. The number of hydrogen-bond acceptors (Lipinski definition) is 2. The first-order chi connectivity index (χ1) is 7.94. The van der Waals surface area contributed by atoms with Gasteiger partial charge in [-0.1, -0.05) is 26.7 Å². The lowest BCUT2D eigenvalue weighted by atomic mass is 9.87. The molecule has 2 atom stereocenters. The Labute approximate surface area is 108 Å². The highest BCUT2D eigenvalue weighted by molar-refractivity contribution is 4.82. The van der Waals surface area contributed by atoms with Gasteiger partial charge in [0.1, 0.15) is 0 Å². The Morgan fingerprint density at radius 1 is 1.24 bits per heavy atom. The van der Waals surface area contributed by atoms with Gasteiger partial charge in [-0.05, 0) is 51.5 Å². The van der Waals surface area contributed by atoms with Crippen LogP contribution >= 0.6 is 0 Å². The minimum absolute atomic E-state index is 0.0542. The molecule has 0 saturated heterocycles. The lowest BCUT2D eigenvalue weighted by molar-refractivity contribution is 0.00904. The molecule has 2 unspecified atom stereocenters. The zero-order valence-corrected chi connectivity index (χ0v) is 12.4. The van der Waals surface area contributed by atoms with Gasteiger partial charge in [0.25, 0.3) is 0 Å². The quantitative estimate of drug-likeness (QED) is 0.735. The average molecular weight is 241 g/mol. The lowest BCUT2D eigenvalue weighted by Gasteiger charge is -2.27. The predicted octanol–water partition coefficient (Wildman–Crippen LogP) is 3.61. The third-order valence-electron chi connectivity index (χ3n) is 4.27. The maximum Gasteiger partial charge on any atom is 0.0622 e. The van der Waals surface area contributed by atoms with Crippen LogP contribution in [0.1, 0.15) is 59.8 Å². The lowest BCUT2D eigenvalue weighted by Crippen LogP contribution is -2.31. The van der Waals surface area contributed by atoms with Gasteiger partial charge in [-0.2, -0.15) is 0 Å². The SMILES string of the molecule is COC(C)(C)CCC1CCCC1CNC(C)C. The van der Waals surface area contributed by atoms with Gasteiger partial charge in [0.2, 0.25) is 0 Å². The van der Waals surface area contributed by atoms with Crippen molar-refractivity contribution in [3.8, 4) is 0 Å². The van der Waals surface area contributed by atoms with Crippen LogP contribution in [0.2, 0.25) is 0 Å². The minimum Gasteiger partial charge on any atom is -0.379 e. The van der Waals surface area contributed by atoms with Crippen LogP contribution in [0.3, 0.4) is 0 Å². The summed E-state index contributed by atoms with van der Waals surface area (Å²) < 4.78 is 5.52. The molecule has 0 heterocycles. The van der Waals surface area contributed by atoms with Crippen LogP contribution in [0.25, 0.3) is 0 Å². The Morgan fingerprint density at radius 2 is 1.88 bits per heavy atom. The van der Waals surface area contributed by atoms with Crippen molar-refractivity contribution in [1.29, 1.82) is 0 Å². The Balaban J connectivity index is 2.31. The predicted molar refractivity (Wildman–Crippen MR) is 74.3 cm³/mol. The maximum atomic E-state index is 5.52. The monoisotopic (exact) mass is 241 g/mol. The van der Waals surface area contributed by atoms with Gasteiger partial charge >= 0.3 is 0 Å². The van der Waals surface area contributed by atoms with Crippen molar-refractivity contribution in [2.45, 2.75) is 71.4 Å². The Morgan fingerprint density at radius 3 is 2.47 bits per heavy atom. The third kappa shape index (κ3) is 5.39. The zero-order valence-electron chi connectivity index (χ0n) is 12.4. The van der Waals surface area contributed by atoms with Crippen molar-refractivity contribution in [2.24, 2.45) is 11.8 Å². The summed E-state index contributed by atoms with van der Waals surface area (Å²) in [6.45, 7) is 10.1. The molecule has 0 bridgehead atoms. The smallest absolute Gasteiger partial charge is 0.0622 e. The molecular formula is C15H31NO. The molecule has 2 heteroatoms. The van der Waals surface area contributed by atoms with Gasteiger partial charge in [-0.25, -0.2) is 0 Å². The summed E-state index contributed by atoms with van der Waals surface area (Å²) in [6, 6.07) is 0.617. The highest BCUT2D eigenvalue weighted by Crippen LogP contribution is 2.36. The standard InChI is InChI=1S/C15H31NO/c1-12(2)16-11-14-8-6-7-13(14)9-10-15(3,4)17-5/h12-14,16H,6-11H2,1-5H3. The summed E-state index contributed by atoms with van der Waals surface area (Å²) in [6.07, 6.45) is 6.77. The fraction of sp³-hybridized carbons (Fsp3) is 1.00. The summed E-state index contributed by atoms with van der Waals surface area (Å²) in [4.78, 5) is 0. The molecule has 0 spiro atoms. The largest absolute Gasteiger partial charge is 0.379 e. The molecule has 0 radical (unpaired) electrons. The van der Waals surface area contributed by atoms with Crippen LogP contribution in [-0.2, 0) is 4.74 Å². The molecule has 1 aliphatic carbocycles. The van der Waals surface area contributed by atoms with E-state index in [4.69, 9.17) is 4.74 Å². The number of ether oxygens (including phenoxy) is 1. The zero-order chi connectivity index (χ0) is 12.9. The van der Waals surface area contributed by atoms with Crippen molar-refractivity contribution in [1.82, 2.24) is 5.32 Å². The van der Waals surface area contributed by atoms with Gasteiger partial charge < -0.3 is 10.1 Å². The van der Waals surface area contributed by atoms with Crippen molar-refractivity contribution in [2.75, 3.05) is 13.7 Å². The van der Waals surface area contributed by atoms with Gasteiger partial charge in [0.15, 0.2) is 0 Å². The first-order valence-electron chi connectivity index (χ1n) is 7.23. The molecule has 1 fully saturated rings. The molecule has 0 amide bonds. The molecule has 0 aromatic carbocycles.